The van der Waals surface area contributed by atoms with Crippen molar-refractivity contribution in [1.29, 1.82) is 0 Å². The smallest absolute Gasteiger partial charge is 0.328 e. The van der Waals surface area contributed by atoms with Crippen LogP contribution >= 0.6 is 0 Å². The van der Waals surface area contributed by atoms with Crippen LogP contribution in [-0.2, 0) is 16.0 Å². The zero-order valence-corrected chi connectivity index (χ0v) is 13.0. The van der Waals surface area contributed by atoms with Crippen molar-refractivity contribution in [1.82, 2.24) is 5.32 Å². The zero-order valence-electron chi connectivity index (χ0n) is 13.0. The van der Waals surface area contributed by atoms with Gasteiger partial charge >= 0.3 is 5.97 Å². The lowest BCUT2D eigenvalue weighted by molar-refractivity contribution is -0.146. The second kappa shape index (κ2) is 7.11. The first kappa shape index (κ1) is 17.0. The topological polar surface area (TPSA) is 75.6 Å². The minimum Gasteiger partial charge on any atom is -0.496 e. The standard InChI is InChI=1S/C16H23NO4/c1-11-8-9-13(21-4)12(10-11)6-5-7-14(18)17-16(2,3)15(19)20/h8-10H,5-7H2,1-4H3,(H,17,18)(H,19,20). The number of nitrogens with one attached hydrogen (secondary N) is 1. The Bertz CT molecular complexity index is 523. The number of carbonyl (C=O) groups is 2. The molecule has 0 saturated heterocycles. The van der Waals surface area contributed by atoms with Gasteiger partial charge in [0, 0.05) is 6.42 Å². The molecule has 116 valence electrons. The number of benzene rings is 1. The van der Waals surface area contributed by atoms with Crippen molar-refractivity contribution >= 4 is 11.9 Å². The van der Waals surface area contributed by atoms with E-state index in [4.69, 9.17) is 9.84 Å². The molecule has 21 heavy (non-hydrogen) atoms. The molecular formula is C16H23NO4. The molecule has 5 nitrogen and oxygen atoms in total. The molecule has 2 N–H and O–H groups in total. The number of methoxy groups -OCH3 is 1. The number of rotatable bonds is 7. The van der Waals surface area contributed by atoms with Crippen molar-refractivity contribution < 1.29 is 19.4 Å². The van der Waals surface area contributed by atoms with Crippen molar-refractivity contribution in [2.45, 2.75) is 45.6 Å². The number of hydrogen-bond acceptors (Lipinski definition) is 3. The van der Waals surface area contributed by atoms with Gasteiger partial charge in [-0.25, -0.2) is 4.79 Å². The maximum atomic E-state index is 11.8. The molecule has 0 aromatic heterocycles. The van der Waals surface area contributed by atoms with Crippen LogP contribution in [0.1, 0.15) is 37.8 Å². The van der Waals surface area contributed by atoms with Crippen molar-refractivity contribution in [2.24, 2.45) is 0 Å². The van der Waals surface area contributed by atoms with E-state index in [0.29, 0.717) is 12.8 Å². The van der Waals surface area contributed by atoms with Crippen LogP contribution in [-0.4, -0.2) is 29.6 Å². The van der Waals surface area contributed by atoms with E-state index < -0.39 is 11.5 Å². The molecule has 0 atom stereocenters. The van der Waals surface area contributed by atoms with Gasteiger partial charge in [-0.2, -0.15) is 0 Å². The second-order valence-corrected chi connectivity index (χ2v) is 5.65. The van der Waals surface area contributed by atoms with Crippen molar-refractivity contribution in [3.05, 3.63) is 29.3 Å². The van der Waals surface area contributed by atoms with Gasteiger partial charge in [-0.15, -0.1) is 0 Å². The third-order valence-electron chi connectivity index (χ3n) is 3.27. The molecule has 0 aliphatic rings. The highest BCUT2D eigenvalue weighted by atomic mass is 16.5. The van der Waals surface area contributed by atoms with Crippen LogP contribution in [0.15, 0.2) is 18.2 Å². The van der Waals surface area contributed by atoms with Crippen molar-refractivity contribution in [3.63, 3.8) is 0 Å². The molecule has 5 heteroatoms. The van der Waals surface area contributed by atoms with E-state index in [1.54, 1.807) is 7.11 Å². The Hall–Kier alpha value is -2.04. The fourth-order valence-electron chi connectivity index (χ4n) is 2.01. The Morgan fingerprint density at radius 2 is 2.00 bits per heavy atom. The molecule has 0 aliphatic carbocycles. The summed E-state index contributed by atoms with van der Waals surface area (Å²) in [6.07, 6.45) is 1.64. The fraction of sp³-hybridized carbons (Fsp3) is 0.500. The molecule has 0 bridgehead atoms. The molecule has 1 rings (SSSR count). The molecule has 0 radical (unpaired) electrons. The number of aryl methyl sites for hydroxylation is 2. The first-order chi connectivity index (χ1) is 9.76. The number of carboxylic acid groups (broad SMARTS) is 1. The van der Waals surface area contributed by atoms with Gasteiger partial charge in [0.25, 0.3) is 0 Å². The molecule has 0 spiro atoms. The molecule has 0 unspecified atom stereocenters. The highest BCUT2D eigenvalue weighted by Gasteiger charge is 2.28. The average Bonchev–Trinajstić information content (AvgIpc) is 2.38. The van der Waals surface area contributed by atoms with E-state index in [-0.39, 0.29) is 12.3 Å². The maximum Gasteiger partial charge on any atom is 0.328 e. The SMILES string of the molecule is COc1ccc(C)cc1CCCC(=O)NC(C)(C)C(=O)O. The van der Waals surface area contributed by atoms with Gasteiger partial charge in [0.05, 0.1) is 7.11 Å². The van der Waals surface area contributed by atoms with Gasteiger partial charge in [-0.05, 0) is 45.2 Å². The maximum absolute atomic E-state index is 11.8. The quantitative estimate of drug-likeness (QED) is 0.809. The van der Waals surface area contributed by atoms with Gasteiger partial charge in [0.15, 0.2) is 0 Å². The van der Waals surface area contributed by atoms with Gasteiger partial charge in [0.1, 0.15) is 11.3 Å². The van der Waals surface area contributed by atoms with Gasteiger partial charge < -0.3 is 15.2 Å². The van der Waals surface area contributed by atoms with Crippen LogP contribution in [0, 0.1) is 6.92 Å². The summed E-state index contributed by atoms with van der Waals surface area (Å²) >= 11 is 0. The summed E-state index contributed by atoms with van der Waals surface area (Å²) in [6, 6.07) is 5.93. The molecule has 0 saturated carbocycles. The summed E-state index contributed by atoms with van der Waals surface area (Å²) in [7, 11) is 1.62. The molecular weight excluding hydrogens is 270 g/mol. The van der Waals surface area contributed by atoms with E-state index >= 15 is 0 Å². The third-order valence-corrected chi connectivity index (χ3v) is 3.27. The predicted molar refractivity (Wildman–Crippen MR) is 80.5 cm³/mol. The Morgan fingerprint density at radius 3 is 2.57 bits per heavy atom. The summed E-state index contributed by atoms with van der Waals surface area (Å²) in [6.45, 7) is 4.94. The van der Waals surface area contributed by atoms with Crippen LogP contribution < -0.4 is 10.1 Å². The largest absolute Gasteiger partial charge is 0.496 e. The van der Waals surface area contributed by atoms with Crippen molar-refractivity contribution in [3.8, 4) is 5.75 Å². The van der Waals surface area contributed by atoms with E-state index in [1.165, 1.54) is 13.8 Å². The lowest BCUT2D eigenvalue weighted by Crippen LogP contribution is -2.49. The minimum absolute atomic E-state index is 0.256. The van der Waals surface area contributed by atoms with Crippen LogP contribution in [0.25, 0.3) is 0 Å². The summed E-state index contributed by atoms with van der Waals surface area (Å²) in [5, 5.41) is 11.5. The van der Waals surface area contributed by atoms with E-state index in [9.17, 15) is 9.59 Å². The number of hydrogen-bond donors (Lipinski definition) is 2. The number of carboxylic acids is 1. The number of amides is 1. The Balaban J connectivity index is 2.52. The van der Waals surface area contributed by atoms with Gasteiger partial charge in [0.2, 0.25) is 5.91 Å². The molecule has 0 fully saturated rings. The highest BCUT2D eigenvalue weighted by Crippen LogP contribution is 2.21. The van der Waals surface area contributed by atoms with Crippen molar-refractivity contribution in [2.75, 3.05) is 7.11 Å². The first-order valence-corrected chi connectivity index (χ1v) is 6.94. The number of ether oxygens (including phenoxy) is 1. The highest BCUT2D eigenvalue weighted by molar-refractivity contribution is 5.86. The zero-order chi connectivity index (χ0) is 16.0. The van der Waals surface area contributed by atoms with Gasteiger partial charge in [-0.3, -0.25) is 4.79 Å². The lowest BCUT2D eigenvalue weighted by atomic mass is 10.0. The summed E-state index contributed by atoms with van der Waals surface area (Å²) in [5.74, 6) is -0.489. The minimum atomic E-state index is -1.24. The van der Waals surface area contributed by atoms with Gasteiger partial charge in [-0.1, -0.05) is 17.7 Å². The Kier molecular flexibility index (Phi) is 5.76. The van der Waals surface area contributed by atoms with E-state index in [0.717, 1.165) is 16.9 Å². The normalized spacial score (nSPS) is 11.0. The van der Waals surface area contributed by atoms with Crippen LogP contribution in [0.5, 0.6) is 5.75 Å². The first-order valence-electron chi connectivity index (χ1n) is 6.94. The Morgan fingerprint density at radius 1 is 1.33 bits per heavy atom. The molecule has 0 heterocycles. The van der Waals surface area contributed by atoms with Crippen LogP contribution in [0.2, 0.25) is 0 Å². The monoisotopic (exact) mass is 293 g/mol. The molecule has 1 aromatic carbocycles. The molecule has 1 amide bonds. The Labute approximate surface area is 125 Å². The second-order valence-electron chi connectivity index (χ2n) is 5.65. The number of aliphatic carboxylic acids is 1. The fourth-order valence-corrected chi connectivity index (χ4v) is 2.01. The summed E-state index contributed by atoms with van der Waals surface area (Å²) < 4.78 is 5.29. The van der Waals surface area contributed by atoms with Crippen LogP contribution in [0.4, 0.5) is 0 Å². The average molecular weight is 293 g/mol. The van der Waals surface area contributed by atoms with E-state index in [1.807, 2.05) is 25.1 Å². The molecule has 0 aliphatic heterocycles. The van der Waals surface area contributed by atoms with Crippen LogP contribution in [0.3, 0.4) is 0 Å². The predicted octanol–water partition coefficient (Wildman–Crippen LogP) is 2.31. The van der Waals surface area contributed by atoms with E-state index in [2.05, 4.69) is 5.32 Å². The molecule has 1 aromatic rings. The summed E-state index contributed by atoms with van der Waals surface area (Å²) in [4.78, 5) is 22.7. The summed E-state index contributed by atoms with van der Waals surface area (Å²) in [5.41, 5.74) is 0.961. The lowest BCUT2D eigenvalue weighted by Gasteiger charge is -2.20. The third kappa shape index (κ3) is 5.10. The number of carbonyl (C=O) groups excluding carboxylic acids is 1.